The second kappa shape index (κ2) is 23.3. The fourth-order valence-electron chi connectivity index (χ4n) is 10.5. The molecule has 4 saturated heterocycles. The van der Waals surface area contributed by atoms with Gasteiger partial charge in [-0.2, -0.15) is 0 Å². The smallest absolute Gasteiger partial charge is 0.414 e. The highest BCUT2D eigenvalue weighted by atomic mass is 19.1. The number of nitrogens with zero attached hydrogens (tertiary/aromatic N) is 7. The van der Waals surface area contributed by atoms with Crippen LogP contribution in [0, 0.1) is 23.6 Å². The monoisotopic (exact) mass is 980 g/mol. The lowest BCUT2D eigenvalue weighted by Crippen LogP contribution is -2.59. The molecule has 2 aromatic rings. The van der Waals surface area contributed by atoms with Crippen LogP contribution in [-0.2, 0) is 46.4 Å². The number of hydrogen-bond donors (Lipinski definition) is 5. The molecule has 20 nitrogen and oxygen atoms in total. The third kappa shape index (κ3) is 13.1. The fourth-order valence-corrected chi connectivity index (χ4v) is 10.5. The number of halogens is 1. The number of aliphatic hydroxyl groups excluding tert-OH is 3. The van der Waals surface area contributed by atoms with Crippen LogP contribution in [0.4, 0.5) is 20.6 Å². The predicted octanol–water partition coefficient (Wildman–Crippen LogP) is 2.16. The van der Waals surface area contributed by atoms with Gasteiger partial charge in [0.25, 0.3) is 0 Å². The van der Waals surface area contributed by atoms with Gasteiger partial charge in [0.2, 0.25) is 0 Å². The van der Waals surface area contributed by atoms with Crippen molar-refractivity contribution in [2.75, 3.05) is 76.4 Å². The molecule has 69 heavy (non-hydrogen) atoms. The Labute approximate surface area is 405 Å². The molecular formula is C48H78FN7O13. The quantitative estimate of drug-likeness (QED) is 0.143. The minimum absolute atomic E-state index is 0.146. The summed E-state index contributed by atoms with van der Waals surface area (Å²) >= 11 is 0. The molecular weight excluding hydrogens is 902 g/mol. The van der Waals surface area contributed by atoms with E-state index in [1.165, 1.54) is 24.8 Å². The van der Waals surface area contributed by atoms with Crippen molar-refractivity contribution in [3.05, 3.63) is 35.9 Å². The number of cyclic esters (lactones) is 2. The summed E-state index contributed by atoms with van der Waals surface area (Å²) in [6.45, 7) is 17.5. The van der Waals surface area contributed by atoms with Gasteiger partial charge in [-0.15, -0.1) is 5.10 Å². The van der Waals surface area contributed by atoms with E-state index >= 15 is 4.39 Å². The zero-order valence-corrected chi connectivity index (χ0v) is 42.0. The Morgan fingerprint density at radius 1 is 1.00 bits per heavy atom. The Morgan fingerprint density at radius 3 is 2.39 bits per heavy atom. The third-order valence-electron chi connectivity index (χ3n) is 14.7. The van der Waals surface area contributed by atoms with Crippen molar-refractivity contribution in [3.63, 3.8) is 0 Å². The van der Waals surface area contributed by atoms with Crippen LogP contribution >= 0.6 is 0 Å². The van der Waals surface area contributed by atoms with E-state index in [0.29, 0.717) is 62.9 Å². The van der Waals surface area contributed by atoms with Gasteiger partial charge < -0.3 is 63.8 Å². The summed E-state index contributed by atoms with van der Waals surface area (Å²) < 4.78 is 52.2. The molecule has 0 spiro atoms. The van der Waals surface area contributed by atoms with Gasteiger partial charge in [-0.25, -0.2) is 13.9 Å². The fraction of sp³-hybridized carbons (Fsp3) is 0.792. The lowest BCUT2D eigenvalue weighted by atomic mass is 9.78. The van der Waals surface area contributed by atoms with E-state index in [4.69, 9.17) is 28.4 Å². The van der Waals surface area contributed by atoms with E-state index in [0.717, 1.165) is 0 Å². The van der Waals surface area contributed by atoms with Crippen molar-refractivity contribution < 1.29 is 67.9 Å². The molecule has 1 amide bonds. The molecule has 0 unspecified atom stereocenters. The average Bonchev–Trinajstić information content (AvgIpc) is 3.92. The van der Waals surface area contributed by atoms with E-state index in [1.807, 2.05) is 42.6 Å². The average molecular weight is 980 g/mol. The minimum atomic E-state index is -1.80. The highest BCUT2D eigenvalue weighted by Crippen LogP contribution is 2.37. The molecule has 0 saturated carbocycles. The Balaban J connectivity index is 1.04. The SMILES string of the molecule is CC[C@H]1OC(=O)[C@H](C)[C@@H](O)[C@H](C)[C@@H](O[C@@H]2O[C@H](C)C[C@H](N(C)CCOCc3cn(C[C@H]4CN(c5ccc(N6CCOCC6)c(F)c5)C(=O)O4)nn3)[C@H]2O)[C@](C)(O)C[C@@H](C)CN(C)[C@H](C)[C@@H](O)[C@]1(C)O. The summed E-state index contributed by atoms with van der Waals surface area (Å²) in [7, 11) is 3.67. The molecule has 390 valence electrons. The highest BCUT2D eigenvalue weighted by molar-refractivity contribution is 5.90. The molecule has 21 heteroatoms. The maximum atomic E-state index is 15.1. The second-order valence-electron chi connectivity index (χ2n) is 20.5. The molecule has 0 radical (unpaired) electrons. The van der Waals surface area contributed by atoms with E-state index in [9.17, 15) is 35.1 Å². The topological polar surface area (TPSA) is 234 Å². The highest BCUT2D eigenvalue weighted by Gasteiger charge is 2.50. The van der Waals surface area contributed by atoms with Gasteiger partial charge in [0, 0.05) is 44.2 Å². The maximum absolute atomic E-state index is 15.1. The number of aliphatic hydroxyl groups is 5. The number of hydrogen-bond acceptors (Lipinski definition) is 18. The number of ether oxygens (including phenoxy) is 6. The van der Waals surface area contributed by atoms with Crippen molar-refractivity contribution in [2.45, 2.75) is 160 Å². The van der Waals surface area contributed by atoms with Crippen molar-refractivity contribution in [3.8, 4) is 0 Å². The first-order chi connectivity index (χ1) is 32.5. The summed E-state index contributed by atoms with van der Waals surface area (Å²) in [5.41, 5.74) is -1.98. The number of aromatic nitrogens is 3. The number of anilines is 2. The summed E-state index contributed by atoms with van der Waals surface area (Å²) in [6, 6.07) is 3.73. The van der Waals surface area contributed by atoms with E-state index in [-0.39, 0.29) is 51.2 Å². The number of carbonyl (C=O) groups is 2. The molecule has 1 aromatic carbocycles. The van der Waals surface area contributed by atoms with Gasteiger partial charge in [-0.05, 0) is 92.1 Å². The lowest BCUT2D eigenvalue weighted by Gasteiger charge is -2.47. The van der Waals surface area contributed by atoms with Gasteiger partial charge in [-0.1, -0.05) is 26.0 Å². The third-order valence-corrected chi connectivity index (χ3v) is 14.7. The molecule has 0 aliphatic carbocycles. The van der Waals surface area contributed by atoms with Gasteiger partial charge in [0.05, 0.1) is 86.9 Å². The first-order valence-corrected chi connectivity index (χ1v) is 24.5. The largest absolute Gasteiger partial charge is 0.459 e. The number of benzene rings is 1. The summed E-state index contributed by atoms with van der Waals surface area (Å²) in [6.07, 6.45) is -6.20. The molecule has 5 N–H and O–H groups in total. The number of rotatable bonds is 13. The molecule has 4 aliphatic rings. The normalized spacial score (nSPS) is 37.1. The summed E-state index contributed by atoms with van der Waals surface area (Å²) in [5.74, 6) is -3.37. The zero-order chi connectivity index (χ0) is 50.5. The maximum Gasteiger partial charge on any atom is 0.414 e. The molecule has 5 heterocycles. The second-order valence-corrected chi connectivity index (χ2v) is 20.5. The van der Waals surface area contributed by atoms with Crippen molar-refractivity contribution in [1.29, 1.82) is 0 Å². The molecule has 4 fully saturated rings. The first kappa shape index (κ1) is 54.7. The van der Waals surface area contributed by atoms with Crippen LogP contribution in [0.3, 0.4) is 0 Å². The molecule has 0 bridgehead atoms. The first-order valence-electron chi connectivity index (χ1n) is 24.5. The van der Waals surface area contributed by atoms with Crippen LogP contribution in [0.5, 0.6) is 0 Å². The van der Waals surface area contributed by atoms with Crippen LogP contribution in [0.15, 0.2) is 24.4 Å². The van der Waals surface area contributed by atoms with Crippen molar-refractivity contribution >= 4 is 23.4 Å². The lowest BCUT2D eigenvalue weighted by molar-refractivity contribution is -0.300. The standard InChI is InChI=1S/C48H78FN7O13/c1-11-39-48(8,63)42(59)32(6)53(10)23-28(2)22-47(7,62)43(30(4)40(57)31(5)44(60)68-39)69-45-41(58)38(20-29(3)66-45)52(9)14-17-65-27-33-24-55(51-50-33)25-35-26-56(46(61)67-35)34-12-13-37(36(49)21-34)54-15-18-64-19-16-54/h12-13,21,24,28-32,35,38-43,45,57-59,62-63H,11,14-20,22-23,25-27H2,1-10H3/t28-,29-,30+,31-,32-,35+,38+,39-,40+,41-,42-,43-,45+,47-,48-/m1/s1. The summed E-state index contributed by atoms with van der Waals surface area (Å²) in [4.78, 5) is 33.6. The van der Waals surface area contributed by atoms with E-state index < -0.39 is 95.9 Å². The number of carbonyl (C=O) groups excluding carboxylic acids is 2. The summed E-state index contributed by atoms with van der Waals surface area (Å²) in [5, 5.41) is 67.2. The van der Waals surface area contributed by atoms with Gasteiger partial charge >= 0.3 is 12.1 Å². The van der Waals surface area contributed by atoms with Gasteiger partial charge in [0.15, 0.2) is 6.29 Å². The molecule has 15 atom stereocenters. The number of amides is 1. The van der Waals surface area contributed by atoms with Crippen LogP contribution in [0.25, 0.3) is 0 Å². The predicted molar refractivity (Wildman–Crippen MR) is 251 cm³/mol. The Morgan fingerprint density at radius 2 is 1.71 bits per heavy atom. The number of esters is 1. The Bertz CT molecular complexity index is 1990. The van der Waals surface area contributed by atoms with E-state index in [1.54, 1.807) is 50.7 Å². The Kier molecular flexibility index (Phi) is 18.5. The van der Waals surface area contributed by atoms with Crippen LogP contribution in [-0.4, -0.2) is 201 Å². The molecule has 6 rings (SSSR count). The van der Waals surface area contributed by atoms with Gasteiger partial charge in [-0.3, -0.25) is 14.6 Å². The van der Waals surface area contributed by atoms with Crippen molar-refractivity contribution in [1.82, 2.24) is 24.8 Å². The Hall–Kier alpha value is -3.61. The molecule has 4 aliphatic heterocycles. The van der Waals surface area contributed by atoms with Crippen LogP contribution in [0.1, 0.15) is 80.3 Å². The van der Waals surface area contributed by atoms with Crippen LogP contribution in [0.2, 0.25) is 0 Å². The molecule has 1 aromatic heterocycles. The number of likely N-dealkylation sites (N-methyl/N-ethyl adjacent to an activating group) is 2. The minimum Gasteiger partial charge on any atom is -0.459 e. The van der Waals surface area contributed by atoms with Gasteiger partial charge in [0.1, 0.15) is 41.5 Å². The zero-order valence-electron chi connectivity index (χ0n) is 42.0. The van der Waals surface area contributed by atoms with E-state index in [2.05, 4.69) is 10.3 Å². The van der Waals surface area contributed by atoms with Crippen LogP contribution < -0.4 is 9.80 Å². The van der Waals surface area contributed by atoms with Crippen molar-refractivity contribution in [2.24, 2.45) is 17.8 Å². The number of morpholine rings is 1.